The first-order valence-electron chi connectivity index (χ1n) is 8.40. The second-order valence-corrected chi connectivity index (χ2v) is 5.93. The Bertz CT molecular complexity index is 815. The highest BCUT2D eigenvalue weighted by molar-refractivity contribution is 6.09. The molecular weight excluding hydrogens is 332 g/mol. The summed E-state index contributed by atoms with van der Waals surface area (Å²) in [6, 6.07) is 13.0. The lowest BCUT2D eigenvalue weighted by Crippen LogP contribution is -2.30. The number of rotatable bonds is 6. The van der Waals surface area contributed by atoms with Gasteiger partial charge in [0.05, 0.1) is 17.9 Å². The summed E-state index contributed by atoms with van der Waals surface area (Å²) in [5.74, 6) is -1.17. The smallest absolute Gasteiger partial charge is 0.340 e. The molecule has 0 heterocycles. The molecule has 26 heavy (non-hydrogen) atoms. The standard InChI is InChI=1S/C20H22N2O4/c1-4-26-20(25)16-10-5-6-11-17(16)22-19(24)15-9-7-8-14(12-15)18(23)21-13(2)3/h5-13H,4H2,1-3H3,(H,21,23)(H,22,24). The molecule has 2 N–H and O–H groups in total. The van der Waals surface area contributed by atoms with Crippen LogP contribution in [0.1, 0.15) is 51.8 Å². The molecule has 0 aliphatic rings. The lowest BCUT2D eigenvalue weighted by atomic mass is 10.1. The predicted molar refractivity (Wildman–Crippen MR) is 99.4 cm³/mol. The Balaban J connectivity index is 2.21. The minimum atomic E-state index is -0.506. The molecule has 0 saturated carbocycles. The number of para-hydroxylation sites is 1. The maximum Gasteiger partial charge on any atom is 0.340 e. The monoisotopic (exact) mass is 354 g/mol. The van der Waals surface area contributed by atoms with E-state index in [1.165, 1.54) is 6.07 Å². The molecule has 2 rings (SSSR count). The van der Waals surface area contributed by atoms with Gasteiger partial charge in [0.1, 0.15) is 0 Å². The van der Waals surface area contributed by atoms with E-state index in [9.17, 15) is 14.4 Å². The van der Waals surface area contributed by atoms with E-state index < -0.39 is 11.9 Å². The van der Waals surface area contributed by atoms with Crippen molar-refractivity contribution in [3.63, 3.8) is 0 Å². The summed E-state index contributed by atoms with van der Waals surface area (Å²) in [4.78, 5) is 36.7. The van der Waals surface area contributed by atoms with E-state index in [4.69, 9.17) is 4.74 Å². The van der Waals surface area contributed by atoms with Crippen LogP contribution >= 0.6 is 0 Å². The van der Waals surface area contributed by atoms with Gasteiger partial charge in [-0.2, -0.15) is 0 Å². The summed E-state index contributed by atoms with van der Waals surface area (Å²) in [6.07, 6.45) is 0. The van der Waals surface area contributed by atoms with Gasteiger partial charge in [-0.3, -0.25) is 9.59 Å². The average molecular weight is 354 g/mol. The van der Waals surface area contributed by atoms with Gasteiger partial charge in [0.2, 0.25) is 0 Å². The van der Waals surface area contributed by atoms with E-state index >= 15 is 0 Å². The minimum absolute atomic E-state index is 0.00330. The molecule has 0 saturated heterocycles. The summed E-state index contributed by atoms with van der Waals surface area (Å²) in [7, 11) is 0. The fraction of sp³-hybridized carbons (Fsp3) is 0.250. The van der Waals surface area contributed by atoms with Crippen LogP contribution < -0.4 is 10.6 Å². The molecule has 2 aromatic carbocycles. The number of amides is 2. The van der Waals surface area contributed by atoms with Gasteiger partial charge in [0.15, 0.2) is 0 Å². The Labute approximate surface area is 152 Å². The van der Waals surface area contributed by atoms with Crippen molar-refractivity contribution < 1.29 is 19.1 Å². The number of esters is 1. The first-order chi connectivity index (χ1) is 12.4. The zero-order chi connectivity index (χ0) is 19.1. The number of ether oxygens (including phenoxy) is 1. The van der Waals surface area contributed by atoms with E-state index in [1.54, 1.807) is 49.4 Å². The van der Waals surface area contributed by atoms with Crippen molar-refractivity contribution in [1.82, 2.24) is 5.32 Å². The molecule has 6 nitrogen and oxygen atoms in total. The van der Waals surface area contributed by atoms with Crippen molar-refractivity contribution >= 4 is 23.5 Å². The fourth-order valence-electron chi connectivity index (χ4n) is 2.32. The van der Waals surface area contributed by atoms with Crippen LogP contribution in [0.15, 0.2) is 48.5 Å². The number of hydrogen-bond acceptors (Lipinski definition) is 4. The van der Waals surface area contributed by atoms with Crippen LogP contribution in [0, 0.1) is 0 Å². The zero-order valence-corrected chi connectivity index (χ0v) is 15.0. The third-order valence-corrected chi connectivity index (χ3v) is 3.48. The zero-order valence-electron chi connectivity index (χ0n) is 15.0. The third kappa shape index (κ3) is 4.92. The summed E-state index contributed by atoms with van der Waals surface area (Å²) in [5, 5.41) is 5.48. The minimum Gasteiger partial charge on any atom is -0.462 e. The molecule has 0 aromatic heterocycles. The molecule has 6 heteroatoms. The second-order valence-electron chi connectivity index (χ2n) is 5.93. The molecule has 0 bridgehead atoms. The third-order valence-electron chi connectivity index (χ3n) is 3.48. The van der Waals surface area contributed by atoms with Crippen molar-refractivity contribution in [3.05, 3.63) is 65.2 Å². The van der Waals surface area contributed by atoms with Crippen LogP contribution in [0.25, 0.3) is 0 Å². The number of nitrogens with one attached hydrogen (secondary N) is 2. The first kappa shape index (κ1) is 19.2. The summed E-state index contributed by atoms with van der Waals surface area (Å²) >= 11 is 0. The van der Waals surface area contributed by atoms with Crippen LogP contribution in [0.3, 0.4) is 0 Å². The first-order valence-corrected chi connectivity index (χ1v) is 8.40. The number of hydrogen-bond donors (Lipinski definition) is 2. The number of carbonyl (C=O) groups is 3. The summed E-state index contributed by atoms with van der Waals surface area (Å²) in [5.41, 5.74) is 1.34. The largest absolute Gasteiger partial charge is 0.462 e. The quantitative estimate of drug-likeness (QED) is 0.780. The molecule has 2 aromatic rings. The SMILES string of the molecule is CCOC(=O)c1ccccc1NC(=O)c1cccc(C(=O)NC(C)C)c1. The highest BCUT2D eigenvalue weighted by Gasteiger charge is 2.16. The normalized spacial score (nSPS) is 10.3. The molecule has 0 aliphatic carbocycles. The fourth-order valence-corrected chi connectivity index (χ4v) is 2.32. The Morgan fingerprint density at radius 2 is 1.62 bits per heavy atom. The Kier molecular flexibility index (Phi) is 6.49. The van der Waals surface area contributed by atoms with E-state index in [0.717, 1.165) is 0 Å². The van der Waals surface area contributed by atoms with Crippen LogP contribution in [-0.2, 0) is 4.74 Å². The van der Waals surface area contributed by atoms with Crippen molar-refractivity contribution in [3.8, 4) is 0 Å². The molecule has 2 amide bonds. The summed E-state index contributed by atoms with van der Waals surface area (Å²) in [6.45, 7) is 5.68. The number of anilines is 1. The van der Waals surface area contributed by atoms with E-state index in [-0.39, 0.29) is 24.1 Å². The number of benzene rings is 2. The molecule has 0 aliphatic heterocycles. The molecule has 0 fully saturated rings. The van der Waals surface area contributed by atoms with Crippen LogP contribution in [0.2, 0.25) is 0 Å². The molecular formula is C20H22N2O4. The highest BCUT2D eigenvalue weighted by atomic mass is 16.5. The van der Waals surface area contributed by atoms with Gasteiger partial charge >= 0.3 is 5.97 Å². The molecule has 0 radical (unpaired) electrons. The maximum atomic E-state index is 12.5. The lowest BCUT2D eigenvalue weighted by Gasteiger charge is -2.11. The van der Waals surface area contributed by atoms with Gasteiger partial charge in [0.25, 0.3) is 11.8 Å². The predicted octanol–water partition coefficient (Wildman–Crippen LogP) is 3.25. The number of carbonyl (C=O) groups excluding carboxylic acids is 3. The van der Waals surface area contributed by atoms with E-state index in [0.29, 0.717) is 16.8 Å². The van der Waals surface area contributed by atoms with Gasteiger partial charge in [0, 0.05) is 17.2 Å². The second kappa shape index (κ2) is 8.80. The Morgan fingerprint density at radius 3 is 2.27 bits per heavy atom. The van der Waals surface area contributed by atoms with Gasteiger partial charge < -0.3 is 15.4 Å². The highest BCUT2D eigenvalue weighted by Crippen LogP contribution is 2.18. The van der Waals surface area contributed by atoms with Gasteiger partial charge in [-0.15, -0.1) is 0 Å². The van der Waals surface area contributed by atoms with Crippen LogP contribution in [0.5, 0.6) is 0 Å². The Morgan fingerprint density at radius 1 is 0.962 bits per heavy atom. The van der Waals surface area contributed by atoms with Crippen LogP contribution in [0.4, 0.5) is 5.69 Å². The topological polar surface area (TPSA) is 84.5 Å². The van der Waals surface area contributed by atoms with Gasteiger partial charge in [-0.1, -0.05) is 18.2 Å². The van der Waals surface area contributed by atoms with E-state index in [1.807, 2.05) is 13.8 Å². The molecule has 136 valence electrons. The molecule has 0 spiro atoms. The van der Waals surface area contributed by atoms with Crippen molar-refractivity contribution in [2.24, 2.45) is 0 Å². The average Bonchev–Trinajstić information content (AvgIpc) is 2.62. The maximum absolute atomic E-state index is 12.5. The van der Waals surface area contributed by atoms with E-state index in [2.05, 4.69) is 10.6 Å². The van der Waals surface area contributed by atoms with Crippen molar-refractivity contribution in [2.45, 2.75) is 26.8 Å². The van der Waals surface area contributed by atoms with Crippen LogP contribution in [-0.4, -0.2) is 30.4 Å². The van der Waals surface area contributed by atoms with Crippen molar-refractivity contribution in [2.75, 3.05) is 11.9 Å². The lowest BCUT2D eigenvalue weighted by molar-refractivity contribution is 0.0527. The van der Waals surface area contributed by atoms with Gasteiger partial charge in [-0.25, -0.2) is 4.79 Å². The molecule has 0 unspecified atom stereocenters. The Hall–Kier alpha value is -3.15. The molecule has 0 atom stereocenters. The van der Waals surface area contributed by atoms with Crippen molar-refractivity contribution in [1.29, 1.82) is 0 Å². The van der Waals surface area contributed by atoms with Gasteiger partial charge in [-0.05, 0) is 51.1 Å². The summed E-state index contributed by atoms with van der Waals surface area (Å²) < 4.78 is 5.00.